The summed E-state index contributed by atoms with van der Waals surface area (Å²) in [4.78, 5) is 2.27. The number of nitrogens with zero attached hydrogens (tertiary/aromatic N) is 1. The Morgan fingerprint density at radius 1 is 1.47 bits per heavy atom. The fourth-order valence-corrected chi connectivity index (χ4v) is 2.91. The normalized spacial score (nSPS) is 25.4. The topological polar surface area (TPSA) is 32.7 Å². The van der Waals surface area contributed by atoms with Gasteiger partial charge in [-0.3, -0.25) is 0 Å². The van der Waals surface area contributed by atoms with Crippen LogP contribution in [0.5, 0.6) is 0 Å². The Hall–Kier alpha value is -0.770. The molecule has 1 aromatic rings. The SMILES string of the molecule is COC1CN(c2ccc([C@@H](C)O)cc2Cl)CCC1C. The van der Waals surface area contributed by atoms with Crippen molar-refractivity contribution in [3.8, 4) is 0 Å². The van der Waals surface area contributed by atoms with Crippen LogP contribution in [0, 0.1) is 5.92 Å². The fraction of sp³-hybridized carbons (Fsp3) is 0.600. The molecule has 0 aromatic heterocycles. The molecule has 1 saturated heterocycles. The van der Waals surface area contributed by atoms with Gasteiger partial charge in [-0.1, -0.05) is 24.6 Å². The van der Waals surface area contributed by atoms with E-state index in [2.05, 4.69) is 11.8 Å². The minimum atomic E-state index is -0.486. The molecule has 1 aliphatic heterocycles. The molecule has 2 rings (SSSR count). The fourth-order valence-electron chi connectivity index (χ4n) is 2.60. The Kier molecular flexibility index (Phi) is 4.71. The highest BCUT2D eigenvalue weighted by atomic mass is 35.5. The Bertz CT molecular complexity index is 436. The van der Waals surface area contributed by atoms with E-state index in [1.54, 1.807) is 14.0 Å². The summed E-state index contributed by atoms with van der Waals surface area (Å²) in [7, 11) is 1.77. The Morgan fingerprint density at radius 2 is 2.21 bits per heavy atom. The maximum atomic E-state index is 9.57. The average molecular weight is 284 g/mol. The molecule has 1 N–H and O–H groups in total. The highest BCUT2D eigenvalue weighted by Gasteiger charge is 2.27. The predicted molar refractivity (Wildman–Crippen MR) is 78.9 cm³/mol. The zero-order chi connectivity index (χ0) is 14.0. The second-order valence-electron chi connectivity index (χ2n) is 5.37. The molecule has 1 fully saturated rings. The van der Waals surface area contributed by atoms with Gasteiger partial charge in [0.15, 0.2) is 0 Å². The number of aliphatic hydroxyl groups excluding tert-OH is 1. The van der Waals surface area contributed by atoms with Gasteiger partial charge in [-0.2, -0.15) is 0 Å². The smallest absolute Gasteiger partial charge is 0.0772 e. The van der Waals surface area contributed by atoms with Crippen molar-refractivity contribution in [2.24, 2.45) is 5.92 Å². The molecule has 0 spiro atoms. The van der Waals surface area contributed by atoms with Gasteiger partial charge in [0, 0.05) is 20.2 Å². The number of aliphatic hydroxyl groups is 1. The van der Waals surface area contributed by atoms with Crippen molar-refractivity contribution in [3.63, 3.8) is 0 Å². The van der Waals surface area contributed by atoms with Crippen LogP contribution in [-0.2, 0) is 4.74 Å². The molecule has 106 valence electrons. The molecular formula is C15H22ClNO2. The highest BCUT2D eigenvalue weighted by Crippen LogP contribution is 2.32. The molecule has 3 nitrogen and oxygen atoms in total. The molecule has 3 atom stereocenters. The zero-order valence-corrected chi connectivity index (χ0v) is 12.5. The van der Waals surface area contributed by atoms with E-state index in [1.165, 1.54) is 0 Å². The van der Waals surface area contributed by atoms with Crippen LogP contribution >= 0.6 is 11.6 Å². The van der Waals surface area contributed by atoms with Crippen LogP contribution in [0.2, 0.25) is 5.02 Å². The van der Waals surface area contributed by atoms with Gasteiger partial charge in [0.25, 0.3) is 0 Å². The van der Waals surface area contributed by atoms with Crippen molar-refractivity contribution >= 4 is 17.3 Å². The van der Waals surface area contributed by atoms with Crippen LogP contribution in [-0.4, -0.2) is 31.4 Å². The molecule has 0 radical (unpaired) electrons. The summed E-state index contributed by atoms with van der Waals surface area (Å²) in [6, 6.07) is 5.78. The van der Waals surface area contributed by atoms with Gasteiger partial charge in [-0.05, 0) is 37.0 Å². The van der Waals surface area contributed by atoms with Gasteiger partial charge in [0.1, 0.15) is 0 Å². The maximum absolute atomic E-state index is 9.57. The molecular weight excluding hydrogens is 262 g/mol. The predicted octanol–water partition coefficient (Wildman–Crippen LogP) is 3.25. The van der Waals surface area contributed by atoms with Crippen LogP contribution in [0.1, 0.15) is 31.9 Å². The third-order valence-electron chi connectivity index (χ3n) is 3.99. The lowest BCUT2D eigenvalue weighted by atomic mass is 9.95. The standard InChI is InChI=1S/C15H22ClNO2/c1-10-6-7-17(9-15(10)19-3)14-5-4-12(11(2)18)8-13(14)16/h4-5,8,10-11,15,18H,6-7,9H2,1-3H3/t10?,11-,15?/m1/s1. The summed E-state index contributed by atoms with van der Waals surface area (Å²) in [5.74, 6) is 0.580. The minimum absolute atomic E-state index is 0.251. The number of halogens is 1. The molecule has 1 aromatic carbocycles. The third kappa shape index (κ3) is 3.22. The number of ether oxygens (including phenoxy) is 1. The van der Waals surface area contributed by atoms with Gasteiger partial charge in [-0.15, -0.1) is 0 Å². The highest BCUT2D eigenvalue weighted by molar-refractivity contribution is 6.33. The van der Waals surface area contributed by atoms with E-state index in [9.17, 15) is 5.11 Å². The molecule has 0 aliphatic carbocycles. The van der Waals surface area contributed by atoms with Crippen LogP contribution in [0.25, 0.3) is 0 Å². The summed E-state index contributed by atoms with van der Waals surface area (Å²) < 4.78 is 5.53. The molecule has 2 unspecified atom stereocenters. The number of methoxy groups -OCH3 is 1. The van der Waals surface area contributed by atoms with E-state index >= 15 is 0 Å². The van der Waals surface area contributed by atoms with Gasteiger partial charge >= 0.3 is 0 Å². The van der Waals surface area contributed by atoms with Crippen molar-refractivity contribution in [3.05, 3.63) is 28.8 Å². The molecule has 0 saturated carbocycles. The van der Waals surface area contributed by atoms with Crippen molar-refractivity contribution < 1.29 is 9.84 Å². The summed E-state index contributed by atoms with van der Waals surface area (Å²) in [6.45, 7) is 5.83. The van der Waals surface area contributed by atoms with Crippen LogP contribution in [0.15, 0.2) is 18.2 Å². The number of anilines is 1. The second kappa shape index (κ2) is 6.12. The lowest BCUT2D eigenvalue weighted by molar-refractivity contribution is 0.0498. The summed E-state index contributed by atoms with van der Waals surface area (Å²) in [5, 5.41) is 10.3. The first-order valence-electron chi connectivity index (χ1n) is 6.78. The van der Waals surface area contributed by atoms with Gasteiger partial charge < -0.3 is 14.7 Å². The summed E-state index contributed by atoms with van der Waals surface area (Å²) in [5.41, 5.74) is 1.88. The van der Waals surface area contributed by atoms with E-state index in [0.29, 0.717) is 10.9 Å². The summed E-state index contributed by atoms with van der Waals surface area (Å²) >= 11 is 6.34. The monoisotopic (exact) mass is 283 g/mol. The molecule has 0 amide bonds. The van der Waals surface area contributed by atoms with Crippen LogP contribution < -0.4 is 4.90 Å². The van der Waals surface area contributed by atoms with E-state index in [-0.39, 0.29) is 6.10 Å². The first kappa shape index (κ1) is 14.6. The van der Waals surface area contributed by atoms with Crippen molar-refractivity contribution in [2.75, 3.05) is 25.1 Å². The number of hydrogen-bond acceptors (Lipinski definition) is 3. The Labute approximate surface area is 120 Å². The lowest BCUT2D eigenvalue weighted by Gasteiger charge is -2.38. The van der Waals surface area contributed by atoms with Gasteiger partial charge in [0.2, 0.25) is 0 Å². The molecule has 1 aliphatic rings. The van der Waals surface area contributed by atoms with Crippen molar-refractivity contribution in [1.82, 2.24) is 0 Å². The van der Waals surface area contributed by atoms with E-state index < -0.39 is 6.10 Å². The number of hydrogen-bond donors (Lipinski definition) is 1. The second-order valence-corrected chi connectivity index (χ2v) is 5.78. The number of benzene rings is 1. The Morgan fingerprint density at radius 3 is 2.79 bits per heavy atom. The van der Waals surface area contributed by atoms with E-state index in [1.807, 2.05) is 18.2 Å². The minimum Gasteiger partial charge on any atom is -0.389 e. The maximum Gasteiger partial charge on any atom is 0.0772 e. The van der Waals surface area contributed by atoms with Crippen LogP contribution in [0.4, 0.5) is 5.69 Å². The average Bonchev–Trinajstić information content (AvgIpc) is 2.39. The molecule has 1 heterocycles. The quantitative estimate of drug-likeness (QED) is 0.924. The third-order valence-corrected chi connectivity index (χ3v) is 4.29. The van der Waals surface area contributed by atoms with E-state index in [4.69, 9.17) is 16.3 Å². The van der Waals surface area contributed by atoms with Gasteiger partial charge in [0.05, 0.1) is 22.9 Å². The first-order chi connectivity index (χ1) is 9.02. The lowest BCUT2D eigenvalue weighted by Crippen LogP contribution is -2.44. The number of piperidine rings is 1. The first-order valence-corrected chi connectivity index (χ1v) is 7.16. The molecule has 19 heavy (non-hydrogen) atoms. The number of rotatable bonds is 3. The van der Waals surface area contributed by atoms with Crippen molar-refractivity contribution in [1.29, 1.82) is 0 Å². The van der Waals surface area contributed by atoms with Gasteiger partial charge in [-0.25, -0.2) is 0 Å². The molecule has 4 heteroatoms. The van der Waals surface area contributed by atoms with Crippen molar-refractivity contribution in [2.45, 2.75) is 32.5 Å². The largest absolute Gasteiger partial charge is 0.389 e. The van der Waals surface area contributed by atoms with Crippen LogP contribution in [0.3, 0.4) is 0 Å². The Balaban J connectivity index is 2.18. The summed E-state index contributed by atoms with van der Waals surface area (Å²) in [6.07, 6.45) is 0.869. The zero-order valence-electron chi connectivity index (χ0n) is 11.8. The molecule has 0 bridgehead atoms. The van der Waals surface area contributed by atoms with E-state index in [0.717, 1.165) is 30.8 Å².